The lowest BCUT2D eigenvalue weighted by atomic mass is 10.2. The zero-order valence-corrected chi connectivity index (χ0v) is 10.2. The highest BCUT2D eigenvalue weighted by atomic mass is 19.1. The molecule has 1 heterocycles. The lowest BCUT2D eigenvalue weighted by Gasteiger charge is -2.08. The molecule has 1 aromatic carbocycles. The Morgan fingerprint density at radius 3 is 2.72 bits per heavy atom. The van der Waals surface area contributed by atoms with Crippen LogP contribution in [0.25, 0.3) is 0 Å². The highest BCUT2D eigenvalue weighted by molar-refractivity contribution is 5.33. The fourth-order valence-corrected chi connectivity index (χ4v) is 1.54. The van der Waals surface area contributed by atoms with E-state index in [2.05, 4.69) is 4.98 Å². The normalized spacial score (nSPS) is 12.2. The van der Waals surface area contributed by atoms with Gasteiger partial charge in [-0.1, -0.05) is 0 Å². The van der Waals surface area contributed by atoms with Gasteiger partial charge in [0.05, 0.1) is 6.10 Å². The van der Waals surface area contributed by atoms with E-state index in [1.807, 2.05) is 0 Å². The molecule has 0 aliphatic rings. The van der Waals surface area contributed by atoms with Crippen LogP contribution in [0.4, 0.5) is 4.39 Å². The summed E-state index contributed by atoms with van der Waals surface area (Å²) in [6.07, 6.45) is 0.985. The third-order valence-electron chi connectivity index (χ3n) is 2.59. The maximum atomic E-state index is 13.1. The zero-order valence-electron chi connectivity index (χ0n) is 10.2. The molecule has 0 bridgehead atoms. The fourth-order valence-electron chi connectivity index (χ4n) is 1.54. The highest BCUT2D eigenvalue weighted by Gasteiger charge is 2.05. The number of rotatable bonds is 3. The van der Waals surface area contributed by atoms with Crippen molar-refractivity contribution >= 4 is 0 Å². The van der Waals surface area contributed by atoms with Gasteiger partial charge in [0.15, 0.2) is 0 Å². The number of aliphatic hydroxyl groups is 1. The van der Waals surface area contributed by atoms with E-state index in [-0.39, 0.29) is 5.82 Å². The number of halogens is 1. The first-order chi connectivity index (χ1) is 8.56. The molecule has 1 N–H and O–H groups in total. The molecule has 1 atom stereocenters. The van der Waals surface area contributed by atoms with Gasteiger partial charge in [0, 0.05) is 12.3 Å². The van der Waals surface area contributed by atoms with Gasteiger partial charge in [-0.2, -0.15) is 0 Å². The average Bonchev–Trinajstić information content (AvgIpc) is 2.34. The Morgan fingerprint density at radius 2 is 2.06 bits per heavy atom. The van der Waals surface area contributed by atoms with Gasteiger partial charge in [0.2, 0.25) is 5.88 Å². The van der Waals surface area contributed by atoms with Crippen LogP contribution >= 0.6 is 0 Å². The summed E-state index contributed by atoms with van der Waals surface area (Å²) < 4.78 is 18.6. The molecule has 3 nitrogen and oxygen atoms in total. The topological polar surface area (TPSA) is 42.4 Å². The van der Waals surface area contributed by atoms with Gasteiger partial charge in [-0.15, -0.1) is 0 Å². The van der Waals surface area contributed by atoms with Crippen LogP contribution in [-0.2, 0) is 0 Å². The molecule has 0 aliphatic heterocycles. The molecule has 0 radical (unpaired) electrons. The molecule has 4 heteroatoms. The summed E-state index contributed by atoms with van der Waals surface area (Å²) in [7, 11) is 0. The van der Waals surface area contributed by atoms with Crippen LogP contribution in [0, 0.1) is 12.7 Å². The van der Waals surface area contributed by atoms with Gasteiger partial charge >= 0.3 is 0 Å². The van der Waals surface area contributed by atoms with Crippen molar-refractivity contribution < 1.29 is 14.2 Å². The summed E-state index contributed by atoms with van der Waals surface area (Å²) >= 11 is 0. The van der Waals surface area contributed by atoms with E-state index < -0.39 is 6.10 Å². The van der Waals surface area contributed by atoms with E-state index in [0.717, 1.165) is 5.56 Å². The molecule has 0 unspecified atom stereocenters. The molecule has 0 amide bonds. The lowest BCUT2D eigenvalue weighted by molar-refractivity contribution is 0.198. The van der Waals surface area contributed by atoms with Crippen LogP contribution in [0.3, 0.4) is 0 Å². The molecule has 0 spiro atoms. The second-order valence-electron chi connectivity index (χ2n) is 4.12. The monoisotopic (exact) mass is 247 g/mol. The predicted octanol–water partition coefficient (Wildman–Crippen LogP) is 3.37. The summed E-state index contributed by atoms with van der Waals surface area (Å²) in [5.74, 6) is 0.622. The van der Waals surface area contributed by atoms with Gasteiger partial charge in [-0.3, -0.25) is 0 Å². The van der Waals surface area contributed by atoms with E-state index in [1.165, 1.54) is 6.07 Å². The standard InChI is InChI=1S/C14H14FNO2/c1-9-7-12(3-4-13(9)15)18-14-8-11(10(2)17)5-6-16-14/h3-8,10,17H,1-2H3/t10-/m1/s1. The third kappa shape index (κ3) is 2.84. The first kappa shape index (κ1) is 12.5. The van der Waals surface area contributed by atoms with E-state index in [1.54, 1.807) is 44.3 Å². The van der Waals surface area contributed by atoms with E-state index in [9.17, 15) is 9.50 Å². The number of ether oxygens (including phenoxy) is 1. The third-order valence-corrected chi connectivity index (χ3v) is 2.59. The van der Waals surface area contributed by atoms with Crippen molar-refractivity contribution in [3.05, 3.63) is 53.5 Å². The SMILES string of the molecule is Cc1cc(Oc2cc([C@@H](C)O)ccn2)ccc1F. The molecular weight excluding hydrogens is 233 g/mol. The second-order valence-corrected chi connectivity index (χ2v) is 4.12. The minimum atomic E-state index is -0.578. The summed E-state index contributed by atoms with van der Waals surface area (Å²) in [6.45, 7) is 3.34. The van der Waals surface area contributed by atoms with Gasteiger partial charge in [0.25, 0.3) is 0 Å². The number of hydrogen-bond donors (Lipinski definition) is 1. The molecule has 0 saturated heterocycles. The van der Waals surface area contributed by atoms with Crippen LogP contribution < -0.4 is 4.74 Å². The molecule has 0 aliphatic carbocycles. The summed E-state index contributed by atoms with van der Waals surface area (Å²) in [4.78, 5) is 4.04. The van der Waals surface area contributed by atoms with Crippen LogP contribution in [-0.4, -0.2) is 10.1 Å². The van der Waals surface area contributed by atoms with Gasteiger partial charge in [-0.25, -0.2) is 9.37 Å². The van der Waals surface area contributed by atoms with Crippen LogP contribution in [0.2, 0.25) is 0 Å². The van der Waals surface area contributed by atoms with E-state index in [0.29, 0.717) is 17.2 Å². The Morgan fingerprint density at radius 1 is 1.28 bits per heavy atom. The first-order valence-electron chi connectivity index (χ1n) is 5.64. The zero-order chi connectivity index (χ0) is 13.1. The van der Waals surface area contributed by atoms with Crippen LogP contribution in [0.5, 0.6) is 11.6 Å². The maximum absolute atomic E-state index is 13.1. The smallest absolute Gasteiger partial charge is 0.219 e. The second kappa shape index (κ2) is 5.14. The average molecular weight is 247 g/mol. The van der Waals surface area contributed by atoms with E-state index >= 15 is 0 Å². The number of pyridine rings is 1. The molecule has 2 rings (SSSR count). The lowest BCUT2D eigenvalue weighted by Crippen LogP contribution is -1.94. The van der Waals surface area contributed by atoms with Crippen molar-refractivity contribution in [3.63, 3.8) is 0 Å². The number of aromatic nitrogens is 1. The maximum Gasteiger partial charge on any atom is 0.219 e. The van der Waals surface area contributed by atoms with Crippen molar-refractivity contribution in [1.29, 1.82) is 0 Å². The molecule has 1 aromatic heterocycles. The van der Waals surface area contributed by atoms with Gasteiger partial charge < -0.3 is 9.84 Å². The Bertz CT molecular complexity index is 555. The molecule has 94 valence electrons. The quantitative estimate of drug-likeness (QED) is 0.904. The number of aryl methyl sites for hydroxylation is 1. The first-order valence-corrected chi connectivity index (χ1v) is 5.64. The number of aliphatic hydroxyl groups excluding tert-OH is 1. The van der Waals surface area contributed by atoms with Crippen LogP contribution in [0.15, 0.2) is 36.5 Å². The Kier molecular flexibility index (Phi) is 3.58. The van der Waals surface area contributed by atoms with E-state index in [4.69, 9.17) is 4.74 Å². The van der Waals surface area contributed by atoms with Gasteiger partial charge in [0.1, 0.15) is 11.6 Å². The summed E-state index contributed by atoms with van der Waals surface area (Å²) in [5, 5.41) is 9.46. The minimum Gasteiger partial charge on any atom is -0.439 e. The fraction of sp³-hybridized carbons (Fsp3) is 0.214. The Balaban J connectivity index is 2.23. The van der Waals surface area contributed by atoms with Gasteiger partial charge in [-0.05, 0) is 49.2 Å². The number of hydrogen-bond acceptors (Lipinski definition) is 3. The van der Waals surface area contributed by atoms with Crippen molar-refractivity contribution in [2.24, 2.45) is 0 Å². The predicted molar refractivity (Wildman–Crippen MR) is 66.1 cm³/mol. The molecule has 2 aromatic rings. The van der Waals surface area contributed by atoms with Crippen molar-refractivity contribution in [1.82, 2.24) is 4.98 Å². The Labute approximate surface area is 105 Å². The van der Waals surface area contributed by atoms with Crippen molar-refractivity contribution in [3.8, 4) is 11.6 Å². The molecular formula is C14H14FNO2. The summed E-state index contributed by atoms with van der Waals surface area (Å²) in [5.41, 5.74) is 1.23. The highest BCUT2D eigenvalue weighted by Crippen LogP contribution is 2.23. The number of benzene rings is 1. The number of nitrogens with zero attached hydrogens (tertiary/aromatic N) is 1. The Hall–Kier alpha value is -1.94. The largest absolute Gasteiger partial charge is 0.439 e. The molecule has 0 fully saturated rings. The van der Waals surface area contributed by atoms with Crippen LogP contribution in [0.1, 0.15) is 24.2 Å². The van der Waals surface area contributed by atoms with Crippen molar-refractivity contribution in [2.75, 3.05) is 0 Å². The molecule has 0 saturated carbocycles. The van der Waals surface area contributed by atoms with Crippen molar-refractivity contribution in [2.45, 2.75) is 20.0 Å². The minimum absolute atomic E-state index is 0.270. The molecule has 18 heavy (non-hydrogen) atoms. The summed E-state index contributed by atoms with van der Waals surface area (Å²) in [6, 6.07) is 7.87.